The molecule has 3 nitrogen and oxygen atoms in total. The molecular formula is C10H12O3. The highest BCUT2D eigenvalue weighted by atomic mass is 16.6. The normalized spacial score (nSPS) is 32.2. The summed E-state index contributed by atoms with van der Waals surface area (Å²) in [6.07, 6.45) is 1.65. The molecule has 0 bridgehead atoms. The van der Waals surface area contributed by atoms with Crippen LogP contribution in [-0.2, 0) is 14.3 Å². The molecule has 2 heterocycles. The van der Waals surface area contributed by atoms with E-state index in [1.165, 1.54) is 6.26 Å². The van der Waals surface area contributed by atoms with Crippen LogP contribution < -0.4 is 0 Å². The lowest BCUT2D eigenvalue weighted by atomic mass is 9.91. The highest BCUT2D eigenvalue weighted by molar-refractivity contribution is 5.94. The lowest BCUT2D eigenvalue weighted by Crippen LogP contribution is -2.22. The van der Waals surface area contributed by atoms with Crippen LogP contribution in [0.4, 0.5) is 0 Å². The maximum absolute atomic E-state index is 11.2. The molecule has 0 aromatic heterocycles. The van der Waals surface area contributed by atoms with Gasteiger partial charge in [-0.1, -0.05) is 6.92 Å². The molecule has 0 fully saturated rings. The van der Waals surface area contributed by atoms with E-state index in [1.807, 2.05) is 13.8 Å². The number of fused-ring (bicyclic) bond motifs is 1. The second-order valence-corrected chi connectivity index (χ2v) is 3.54. The van der Waals surface area contributed by atoms with Crippen molar-refractivity contribution in [1.29, 1.82) is 0 Å². The average Bonchev–Trinajstić information content (AvgIpc) is 2.37. The van der Waals surface area contributed by atoms with Gasteiger partial charge in [0, 0.05) is 17.1 Å². The minimum absolute atomic E-state index is 0.114. The van der Waals surface area contributed by atoms with E-state index in [0.29, 0.717) is 11.3 Å². The number of ether oxygens (including phenoxy) is 2. The Kier molecular flexibility index (Phi) is 1.68. The van der Waals surface area contributed by atoms with Crippen LogP contribution in [0.15, 0.2) is 23.2 Å². The van der Waals surface area contributed by atoms with E-state index in [1.54, 1.807) is 6.92 Å². The SMILES string of the molecule is CC1=C2C(=COC(C)C2C)OC1=O. The Hall–Kier alpha value is -1.25. The van der Waals surface area contributed by atoms with Gasteiger partial charge in [0.05, 0.1) is 0 Å². The maximum Gasteiger partial charge on any atom is 0.339 e. The van der Waals surface area contributed by atoms with Crippen molar-refractivity contribution in [2.75, 3.05) is 0 Å². The van der Waals surface area contributed by atoms with E-state index >= 15 is 0 Å². The number of carbonyl (C=O) groups is 1. The van der Waals surface area contributed by atoms with Gasteiger partial charge >= 0.3 is 5.97 Å². The second-order valence-electron chi connectivity index (χ2n) is 3.54. The van der Waals surface area contributed by atoms with Crippen molar-refractivity contribution in [2.45, 2.75) is 26.9 Å². The molecule has 0 saturated heterocycles. The number of allylic oxidation sites excluding steroid dienone is 1. The van der Waals surface area contributed by atoms with Gasteiger partial charge in [-0.05, 0) is 13.8 Å². The zero-order chi connectivity index (χ0) is 9.59. The molecule has 0 spiro atoms. The molecule has 0 N–H and O–H groups in total. The van der Waals surface area contributed by atoms with Crippen molar-refractivity contribution in [3.05, 3.63) is 23.2 Å². The fourth-order valence-corrected chi connectivity index (χ4v) is 1.70. The monoisotopic (exact) mass is 180 g/mol. The molecule has 2 rings (SSSR count). The van der Waals surface area contributed by atoms with Crippen LogP contribution in [0, 0.1) is 5.92 Å². The van der Waals surface area contributed by atoms with Crippen molar-refractivity contribution in [3.8, 4) is 0 Å². The summed E-state index contributed by atoms with van der Waals surface area (Å²) in [5, 5.41) is 0. The van der Waals surface area contributed by atoms with Crippen molar-refractivity contribution < 1.29 is 14.3 Å². The van der Waals surface area contributed by atoms with Crippen LogP contribution in [0.5, 0.6) is 0 Å². The van der Waals surface area contributed by atoms with Gasteiger partial charge < -0.3 is 9.47 Å². The predicted molar refractivity (Wildman–Crippen MR) is 46.6 cm³/mol. The van der Waals surface area contributed by atoms with Crippen LogP contribution >= 0.6 is 0 Å². The molecule has 2 unspecified atom stereocenters. The van der Waals surface area contributed by atoms with Crippen LogP contribution in [0.3, 0.4) is 0 Å². The van der Waals surface area contributed by atoms with Crippen molar-refractivity contribution in [3.63, 3.8) is 0 Å². The highest BCUT2D eigenvalue weighted by Crippen LogP contribution is 2.37. The maximum atomic E-state index is 11.2. The number of carbonyl (C=O) groups excluding carboxylic acids is 1. The summed E-state index contributed by atoms with van der Waals surface area (Å²) >= 11 is 0. The summed E-state index contributed by atoms with van der Waals surface area (Å²) < 4.78 is 10.3. The summed E-state index contributed by atoms with van der Waals surface area (Å²) in [4.78, 5) is 11.2. The Labute approximate surface area is 77.0 Å². The van der Waals surface area contributed by atoms with Gasteiger partial charge in [0.2, 0.25) is 0 Å². The molecule has 0 amide bonds. The molecule has 2 aliphatic rings. The molecule has 2 atom stereocenters. The van der Waals surface area contributed by atoms with Crippen molar-refractivity contribution in [2.24, 2.45) is 5.92 Å². The summed E-state index contributed by atoms with van der Waals surface area (Å²) in [7, 11) is 0. The van der Waals surface area contributed by atoms with Gasteiger partial charge in [0.15, 0.2) is 5.76 Å². The minimum Gasteiger partial charge on any atom is -0.494 e. The van der Waals surface area contributed by atoms with Crippen LogP contribution in [0.25, 0.3) is 0 Å². The number of rotatable bonds is 0. The van der Waals surface area contributed by atoms with Gasteiger partial charge in [-0.2, -0.15) is 0 Å². The molecule has 3 heteroatoms. The summed E-state index contributed by atoms with van der Waals surface area (Å²) in [6, 6.07) is 0. The summed E-state index contributed by atoms with van der Waals surface area (Å²) in [5.74, 6) is 0.574. The van der Waals surface area contributed by atoms with Gasteiger partial charge in [-0.3, -0.25) is 0 Å². The number of esters is 1. The van der Waals surface area contributed by atoms with E-state index in [4.69, 9.17) is 9.47 Å². The standard InChI is InChI=1S/C10H12O3/c1-5-7(3)12-4-8-9(5)6(2)10(11)13-8/h4-5,7H,1-3H3. The Morgan fingerprint density at radius 2 is 2.08 bits per heavy atom. The molecule has 0 aliphatic carbocycles. The molecule has 0 saturated carbocycles. The third-order valence-electron chi connectivity index (χ3n) is 2.73. The Balaban J connectivity index is 2.48. The van der Waals surface area contributed by atoms with E-state index in [2.05, 4.69) is 0 Å². The fourth-order valence-electron chi connectivity index (χ4n) is 1.70. The predicted octanol–water partition coefficient (Wildman–Crippen LogP) is 1.76. The molecule has 2 aliphatic heterocycles. The lowest BCUT2D eigenvalue weighted by Gasteiger charge is -2.25. The first-order valence-electron chi connectivity index (χ1n) is 4.40. The summed E-state index contributed by atoms with van der Waals surface area (Å²) in [5.41, 5.74) is 1.72. The van der Waals surface area contributed by atoms with Crippen molar-refractivity contribution >= 4 is 5.97 Å². The van der Waals surface area contributed by atoms with Gasteiger partial charge in [0.1, 0.15) is 12.4 Å². The van der Waals surface area contributed by atoms with Gasteiger partial charge in [-0.25, -0.2) is 4.79 Å². The Bertz CT molecular complexity index is 325. The minimum atomic E-state index is -0.245. The first-order chi connectivity index (χ1) is 6.11. The molecular weight excluding hydrogens is 168 g/mol. The fraction of sp³-hybridized carbons (Fsp3) is 0.500. The zero-order valence-electron chi connectivity index (χ0n) is 7.96. The highest BCUT2D eigenvalue weighted by Gasteiger charge is 2.36. The average molecular weight is 180 g/mol. The molecule has 70 valence electrons. The topological polar surface area (TPSA) is 35.5 Å². The van der Waals surface area contributed by atoms with E-state index in [-0.39, 0.29) is 18.0 Å². The van der Waals surface area contributed by atoms with Crippen molar-refractivity contribution in [1.82, 2.24) is 0 Å². The quantitative estimate of drug-likeness (QED) is 0.533. The Morgan fingerprint density at radius 3 is 2.77 bits per heavy atom. The Morgan fingerprint density at radius 1 is 1.38 bits per heavy atom. The van der Waals surface area contributed by atoms with E-state index in [9.17, 15) is 4.79 Å². The number of hydrogen-bond donors (Lipinski definition) is 0. The number of hydrogen-bond acceptors (Lipinski definition) is 3. The third kappa shape index (κ3) is 1.07. The molecule has 13 heavy (non-hydrogen) atoms. The summed E-state index contributed by atoms with van der Waals surface area (Å²) in [6.45, 7) is 5.83. The third-order valence-corrected chi connectivity index (χ3v) is 2.73. The first-order valence-corrected chi connectivity index (χ1v) is 4.40. The van der Waals surface area contributed by atoms with Gasteiger partial charge in [0.25, 0.3) is 0 Å². The van der Waals surface area contributed by atoms with Crippen LogP contribution in [-0.4, -0.2) is 12.1 Å². The smallest absolute Gasteiger partial charge is 0.339 e. The molecule has 0 aromatic carbocycles. The molecule has 0 radical (unpaired) electrons. The van der Waals surface area contributed by atoms with Crippen LogP contribution in [0.1, 0.15) is 20.8 Å². The van der Waals surface area contributed by atoms with Gasteiger partial charge in [-0.15, -0.1) is 0 Å². The largest absolute Gasteiger partial charge is 0.494 e. The van der Waals surface area contributed by atoms with Crippen LogP contribution in [0.2, 0.25) is 0 Å². The molecule has 0 aromatic rings. The first kappa shape index (κ1) is 8.35. The lowest BCUT2D eigenvalue weighted by molar-refractivity contribution is -0.133. The zero-order valence-corrected chi connectivity index (χ0v) is 7.96. The van der Waals surface area contributed by atoms with E-state index in [0.717, 1.165) is 5.57 Å². The second kappa shape index (κ2) is 2.62. The van der Waals surface area contributed by atoms with E-state index < -0.39 is 0 Å².